The van der Waals surface area contributed by atoms with Gasteiger partial charge >= 0.3 is 12.1 Å². The van der Waals surface area contributed by atoms with E-state index in [0.29, 0.717) is 5.56 Å². The Bertz CT molecular complexity index is 489. The van der Waals surface area contributed by atoms with E-state index in [1.807, 2.05) is 0 Å². The molecule has 0 saturated carbocycles. The highest BCUT2D eigenvalue weighted by molar-refractivity contribution is 5.70. The number of esters is 1. The van der Waals surface area contributed by atoms with Crippen LogP contribution in [0.3, 0.4) is 0 Å². The lowest BCUT2D eigenvalue weighted by Crippen LogP contribution is -2.24. The maximum absolute atomic E-state index is 12.6. The van der Waals surface area contributed by atoms with Gasteiger partial charge in [-0.1, -0.05) is 6.07 Å². The normalized spacial score (nSPS) is 12.9. The van der Waals surface area contributed by atoms with Crippen molar-refractivity contribution in [2.24, 2.45) is 0 Å². The molecule has 0 saturated heterocycles. The standard InChI is InChI=1S/C14H18F3NO3/c1-3-21-13(20)7-11(19)8-18-12-6-10(14(15,16)17)5-4-9(12)2/h4-6,11,18-19H,3,7-8H2,1-2H3. The van der Waals surface area contributed by atoms with Crippen molar-refractivity contribution in [3.63, 3.8) is 0 Å². The summed E-state index contributed by atoms with van der Waals surface area (Å²) in [6.45, 7) is 3.47. The Hall–Kier alpha value is -1.76. The molecule has 4 nitrogen and oxygen atoms in total. The van der Waals surface area contributed by atoms with Crippen molar-refractivity contribution >= 4 is 11.7 Å². The summed E-state index contributed by atoms with van der Waals surface area (Å²) in [6, 6.07) is 3.32. The number of nitrogens with one attached hydrogen (secondary N) is 1. The maximum atomic E-state index is 12.6. The van der Waals surface area contributed by atoms with Crippen molar-refractivity contribution in [1.29, 1.82) is 0 Å². The highest BCUT2D eigenvalue weighted by atomic mass is 19.4. The Balaban J connectivity index is 2.64. The highest BCUT2D eigenvalue weighted by Gasteiger charge is 2.30. The first-order chi connectivity index (χ1) is 9.74. The van der Waals surface area contributed by atoms with Crippen LogP contribution in [0.1, 0.15) is 24.5 Å². The summed E-state index contributed by atoms with van der Waals surface area (Å²) in [5.74, 6) is -0.549. The molecule has 0 aliphatic rings. The summed E-state index contributed by atoms with van der Waals surface area (Å²) in [6.07, 6.45) is -5.66. The first kappa shape index (κ1) is 17.3. The van der Waals surface area contributed by atoms with E-state index in [-0.39, 0.29) is 25.3 Å². The van der Waals surface area contributed by atoms with Gasteiger partial charge in [-0.3, -0.25) is 4.79 Å². The van der Waals surface area contributed by atoms with Crippen molar-refractivity contribution in [3.05, 3.63) is 29.3 Å². The molecular formula is C14H18F3NO3. The minimum absolute atomic E-state index is 0.0407. The van der Waals surface area contributed by atoms with Gasteiger partial charge in [-0.15, -0.1) is 0 Å². The van der Waals surface area contributed by atoms with Crippen LogP contribution in [0.25, 0.3) is 0 Å². The van der Waals surface area contributed by atoms with E-state index < -0.39 is 23.8 Å². The molecule has 2 N–H and O–H groups in total. The van der Waals surface area contributed by atoms with Crippen LogP contribution in [0.5, 0.6) is 0 Å². The number of hydrogen-bond acceptors (Lipinski definition) is 4. The molecule has 0 fully saturated rings. The molecule has 1 rings (SSSR count). The van der Waals surface area contributed by atoms with Crippen molar-refractivity contribution in [3.8, 4) is 0 Å². The second-order valence-corrected chi connectivity index (χ2v) is 4.57. The van der Waals surface area contributed by atoms with Gasteiger partial charge < -0.3 is 15.2 Å². The zero-order valence-corrected chi connectivity index (χ0v) is 11.8. The Labute approximate surface area is 120 Å². The predicted molar refractivity (Wildman–Crippen MR) is 71.9 cm³/mol. The summed E-state index contributed by atoms with van der Waals surface area (Å²) < 4.78 is 42.5. The summed E-state index contributed by atoms with van der Waals surface area (Å²) in [4.78, 5) is 11.2. The quantitative estimate of drug-likeness (QED) is 0.794. The zero-order valence-electron chi connectivity index (χ0n) is 11.8. The van der Waals surface area contributed by atoms with Crippen molar-refractivity contribution < 1.29 is 27.8 Å². The number of rotatable bonds is 6. The largest absolute Gasteiger partial charge is 0.466 e. The smallest absolute Gasteiger partial charge is 0.416 e. The number of aliphatic hydroxyl groups is 1. The van der Waals surface area contributed by atoms with E-state index in [0.717, 1.165) is 12.1 Å². The van der Waals surface area contributed by atoms with Gasteiger partial charge in [-0.05, 0) is 31.5 Å². The van der Waals surface area contributed by atoms with Crippen LogP contribution in [0.4, 0.5) is 18.9 Å². The van der Waals surface area contributed by atoms with Gasteiger partial charge in [0.25, 0.3) is 0 Å². The lowest BCUT2D eigenvalue weighted by Gasteiger charge is -2.15. The molecule has 0 bridgehead atoms. The lowest BCUT2D eigenvalue weighted by atomic mass is 10.1. The highest BCUT2D eigenvalue weighted by Crippen LogP contribution is 2.32. The van der Waals surface area contributed by atoms with Gasteiger partial charge in [0, 0.05) is 12.2 Å². The van der Waals surface area contributed by atoms with E-state index >= 15 is 0 Å². The molecule has 118 valence electrons. The molecule has 1 aromatic rings. The first-order valence-corrected chi connectivity index (χ1v) is 6.49. The van der Waals surface area contributed by atoms with Gasteiger partial charge in [0.05, 0.1) is 24.7 Å². The molecule has 1 atom stereocenters. The van der Waals surface area contributed by atoms with Crippen LogP contribution in [0, 0.1) is 6.92 Å². The third-order valence-corrected chi connectivity index (χ3v) is 2.80. The minimum Gasteiger partial charge on any atom is -0.466 e. The number of carbonyl (C=O) groups is 1. The van der Waals surface area contributed by atoms with Gasteiger partial charge in [-0.25, -0.2) is 0 Å². The number of alkyl halides is 3. The fourth-order valence-electron chi connectivity index (χ4n) is 1.70. The summed E-state index contributed by atoms with van der Waals surface area (Å²) in [5.41, 5.74) is 0.120. The number of carbonyl (C=O) groups excluding carboxylic acids is 1. The average Bonchev–Trinajstić information content (AvgIpc) is 2.36. The number of aliphatic hydroxyl groups excluding tert-OH is 1. The Kier molecular flexibility index (Phi) is 6.02. The van der Waals surface area contributed by atoms with Crippen molar-refractivity contribution in [1.82, 2.24) is 0 Å². The topological polar surface area (TPSA) is 58.6 Å². The van der Waals surface area contributed by atoms with E-state index in [1.165, 1.54) is 6.07 Å². The summed E-state index contributed by atoms with van der Waals surface area (Å²) in [7, 11) is 0. The van der Waals surface area contributed by atoms with Gasteiger partial charge in [-0.2, -0.15) is 13.2 Å². The van der Waals surface area contributed by atoms with Crippen LogP contribution in [0.15, 0.2) is 18.2 Å². The van der Waals surface area contributed by atoms with Crippen molar-refractivity contribution in [2.75, 3.05) is 18.5 Å². The van der Waals surface area contributed by atoms with Gasteiger partial charge in [0.2, 0.25) is 0 Å². The van der Waals surface area contributed by atoms with Crippen LogP contribution < -0.4 is 5.32 Å². The predicted octanol–water partition coefficient (Wildman–Crippen LogP) is 2.74. The number of anilines is 1. The second-order valence-electron chi connectivity index (χ2n) is 4.57. The molecule has 0 amide bonds. The number of aryl methyl sites for hydroxylation is 1. The minimum atomic E-state index is -4.42. The molecule has 0 heterocycles. The van der Waals surface area contributed by atoms with Gasteiger partial charge in [0.15, 0.2) is 0 Å². The van der Waals surface area contributed by atoms with Crippen LogP contribution in [-0.2, 0) is 15.7 Å². The monoisotopic (exact) mass is 305 g/mol. The molecule has 0 aromatic heterocycles. The number of benzene rings is 1. The fourth-order valence-corrected chi connectivity index (χ4v) is 1.70. The van der Waals surface area contributed by atoms with Gasteiger partial charge in [0.1, 0.15) is 0 Å². The van der Waals surface area contributed by atoms with Crippen LogP contribution in [0.2, 0.25) is 0 Å². The third-order valence-electron chi connectivity index (χ3n) is 2.80. The molecular weight excluding hydrogens is 287 g/mol. The molecule has 0 aliphatic carbocycles. The number of hydrogen-bond donors (Lipinski definition) is 2. The third kappa shape index (κ3) is 5.63. The SMILES string of the molecule is CCOC(=O)CC(O)CNc1cc(C(F)(F)F)ccc1C. The Morgan fingerprint density at radius 1 is 1.43 bits per heavy atom. The lowest BCUT2D eigenvalue weighted by molar-refractivity contribution is -0.145. The summed E-state index contributed by atoms with van der Waals surface area (Å²) >= 11 is 0. The second kappa shape index (κ2) is 7.31. The number of halogens is 3. The van der Waals surface area contributed by atoms with E-state index in [4.69, 9.17) is 0 Å². The van der Waals surface area contributed by atoms with Crippen molar-refractivity contribution in [2.45, 2.75) is 32.5 Å². The first-order valence-electron chi connectivity index (χ1n) is 6.49. The molecule has 0 aliphatic heterocycles. The Morgan fingerprint density at radius 3 is 2.67 bits per heavy atom. The average molecular weight is 305 g/mol. The molecule has 1 unspecified atom stereocenters. The van der Waals surface area contributed by atoms with E-state index in [2.05, 4.69) is 10.1 Å². The van der Waals surface area contributed by atoms with E-state index in [9.17, 15) is 23.1 Å². The Morgan fingerprint density at radius 2 is 2.10 bits per heavy atom. The molecule has 0 radical (unpaired) electrons. The molecule has 21 heavy (non-hydrogen) atoms. The molecule has 1 aromatic carbocycles. The molecule has 7 heteroatoms. The van der Waals surface area contributed by atoms with E-state index in [1.54, 1.807) is 13.8 Å². The zero-order chi connectivity index (χ0) is 16.0. The van der Waals surface area contributed by atoms with Crippen LogP contribution >= 0.6 is 0 Å². The van der Waals surface area contributed by atoms with Crippen LogP contribution in [-0.4, -0.2) is 30.3 Å². The number of ether oxygens (including phenoxy) is 1. The fraction of sp³-hybridized carbons (Fsp3) is 0.500. The maximum Gasteiger partial charge on any atom is 0.416 e. The summed E-state index contributed by atoms with van der Waals surface area (Å²) in [5, 5.41) is 12.4. The molecule has 0 spiro atoms.